The van der Waals surface area contributed by atoms with Crippen LogP contribution in [0.5, 0.6) is 0 Å². The predicted molar refractivity (Wildman–Crippen MR) is 259 cm³/mol. The SMILES string of the molecule is CCC=CCC=CCC=CCC=CCC=CCC=CCCC(=O)NCCCCC(NC(=O)CC(O)CC(O)C=Cc1c(-c2ccc(F)cc2)nc(N(C)S(C)(=O)=O)nc1C(C)C)C(=O)O. The first kappa shape index (κ1) is 55.6. The highest BCUT2D eigenvalue weighted by atomic mass is 32.2. The van der Waals surface area contributed by atoms with Crippen LogP contribution in [0.15, 0.2) is 103 Å². The number of nitrogens with one attached hydrogen (secondary N) is 2. The van der Waals surface area contributed by atoms with Crippen molar-refractivity contribution in [3.63, 3.8) is 0 Å². The summed E-state index contributed by atoms with van der Waals surface area (Å²) < 4.78 is 39.4. The van der Waals surface area contributed by atoms with E-state index in [9.17, 15) is 42.5 Å². The van der Waals surface area contributed by atoms with Crippen LogP contribution < -0.4 is 14.9 Å². The van der Waals surface area contributed by atoms with E-state index in [4.69, 9.17) is 0 Å². The number of benzene rings is 1. The number of sulfonamides is 1. The standard InChI is InChI=1S/C50H70FN5O8S/c1-6-7-8-9-10-11-12-13-14-15-16-17-18-19-20-21-22-23-24-28-45(59)52-35-26-25-27-44(49(61)62)53-46(60)37-42(58)36-41(57)33-34-43-47(38(2)3)54-50(56(4)65(5,63)64)55-48(43)39-29-31-40(51)32-30-39/h7-8,10-11,13-14,16-17,19-20,22-23,29-34,38,41-42,44,57-58H,6,9,12,15,18,21,24-28,35-37H2,1-5H3,(H,52,59)(H,53,60)(H,61,62). The number of carbonyl (C=O) groups excluding carboxylic acids is 2. The van der Waals surface area contributed by atoms with Crippen molar-refractivity contribution in [3.05, 3.63) is 120 Å². The number of aliphatic hydroxyl groups excluding tert-OH is 2. The maximum atomic E-state index is 13.8. The maximum Gasteiger partial charge on any atom is 0.326 e. The smallest absolute Gasteiger partial charge is 0.326 e. The van der Waals surface area contributed by atoms with Crippen molar-refractivity contribution < 1.29 is 42.5 Å². The lowest BCUT2D eigenvalue weighted by molar-refractivity contribution is -0.142. The molecular formula is C50H70FN5O8S. The maximum absolute atomic E-state index is 13.8. The fraction of sp³-hybridized carbons (Fsp3) is 0.460. The van der Waals surface area contributed by atoms with Crippen LogP contribution in [0.1, 0.15) is 121 Å². The highest BCUT2D eigenvalue weighted by Gasteiger charge is 2.24. The molecule has 1 heterocycles. The lowest BCUT2D eigenvalue weighted by Crippen LogP contribution is -2.42. The summed E-state index contributed by atoms with van der Waals surface area (Å²) >= 11 is 0. The first-order valence-corrected chi connectivity index (χ1v) is 24.2. The number of carbonyl (C=O) groups is 3. The van der Waals surface area contributed by atoms with Gasteiger partial charge in [0.05, 0.1) is 36.3 Å². The molecule has 0 spiro atoms. The Labute approximate surface area is 385 Å². The summed E-state index contributed by atoms with van der Waals surface area (Å²) in [7, 11) is -2.41. The van der Waals surface area contributed by atoms with Crippen LogP contribution in [-0.2, 0) is 24.4 Å². The summed E-state index contributed by atoms with van der Waals surface area (Å²) in [6.45, 7) is 6.18. The van der Waals surface area contributed by atoms with E-state index in [2.05, 4.69) is 88.3 Å². The first-order valence-electron chi connectivity index (χ1n) is 22.4. The molecule has 3 unspecified atom stereocenters. The molecule has 65 heavy (non-hydrogen) atoms. The van der Waals surface area contributed by atoms with Gasteiger partial charge in [0.15, 0.2) is 0 Å². The summed E-state index contributed by atoms with van der Waals surface area (Å²) in [5, 5.41) is 36.4. The van der Waals surface area contributed by atoms with E-state index < -0.39 is 52.4 Å². The number of carboxylic acid groups (broad SMARTS) is 1. The van der Waals surface area contributed by atoms with Gasteiger partial charge in [-0.15, -0.1) is 0 Å². The second kappa shape index (κ2) is 31.4. The number of aliphatic hydroxyl groups is 2. The van der Waals surface area contributed by atoms with Crippen molar-refractivity contribution in [2.75, 3.05) is 24.2 Å². The number of amides is 2. The van der Waals surface area contributed by atoms with Crippen LogP contribution in [0.3, 0.4) is 0 Å². The Kier molecular flexibility index (Phi) is 26.9. The zero-order valence-corrected chi connectivity index (χ0v) is 39.4. The molecule has 0 aliphatic heterocycles. The number of hydrogen-bond donors (Lipinski definition) is 5. The molecule has 0 radical (unpaired) electrons. The molecule has 0 fully saturated rings. The Bertz CT molecular complexity index is 2100. The lowest BCUT2D eigenvalue weighted by Gasteiger charge is -2.20. The Morgan fingerprint density at radius 3 is 1.89 bits per heavy atom. The van der Waals surface area contributed by atoms with Crippen LogP contribution in [0.4, 0.5) is 10.3 Å². The zero-order valence-electron chi connectivity index (χ0n) is 38.6. The molecule has 2 rings (SSSR count). The molecule has 5 N–H and O–H groups in total. The molecule has 1 aromatic heterocycles. The van der Waals surface area contributed by atoms with Crippen molar-refractivity contribution in [1.82, 2.24) is 20.6 Å². The minimum atomic E-state index is -3.72. The van der Waals surface area contributed by atoms with Crippen molar-refractivity contribution in [2.45, 2.75) is 128 Å². The van der Waals surface area contributed by atoms with Gasteiger partial charge in [0.1, 0.15) is 11.9 Å². The molecule has 0 aliphatic rings. The molecule has 356 valence electrons. The third-order valence-corrected chi connectivity index (χ3v) is 11.0. The first-order chi connectivity index (χ1) is 31.0. The van der Waals surface area contributed by atoms with Crippen molar-refractivity contribution in [1.29, 1.82) is 0 Å². The quantitative estimate of drug-likeness (QED) is 0.0360. The van der Waals surface area contributed by atoms with Gasteiger partial charge in [0.2, 0.25) is 27.8 Å². The van der Waals surface area contributed by atoms with E-state index in [1.807, 2.05) is 26.0 Å². The number of unbranched alkanes of at least 4 members (excludes halogenated alkanes) is 1. The fourth-order valence-corrected chi connectivity index (χ4v) is 6.59. The minimum absolute atomic E-state index is 0.0931. The van der Waals surface area contributed by atoms with Crippen LogP contribution in [0.2, 0.25) is 0 Å². The van der Waals surface area contributed by atoms with E-state index in [1.54, 1.807) is 0 Å². The van der Waals surface area contributed by atoms with Crippen LogP contribution >= 0.6 is 0 Å². The Balaban J connectivity index is 1.75. The number of hydrogen-bond acceptors (Lipinski definition) is 9. The van der Waals surface area contributed by atoms with Gasteiger partial charge in [-0.1, -0.05) is 106 Å². The Morgan fingerprint density at radius 2 is 1.37 bits per heavy atom. The third kappa shape index (κ3) is 23.8. The van der Waals surface area contributed by atoms with Gasteiger partial charge < -0.3 is 26.0 Å². The highest BCUT2D eigenvalue weighted by molar-refractivity contribution is 7.92. The number of allylic oxidation sites excluding steroid dienone is 12. The predicted octanol–water partition coefficient (Wildman–Crippen LogP) is 8.65. The largest absolute Gasteiger partial charge is 0.480 e. The van der Waals surface area contributed by atoms with Gasteiger partial charge in [0.25, 0.3) is 0 Å². The van der Waals surface area contributed by atoms with Crippen LogP contribution in [-0.4, -0.2) is 89.6 Å². The molecule has 3 atom stereocenters. The van der Waals surface area contributed by atoms with Gasteiger partial charge in [-0.3, -0.25) is 9.59 Å². The molecule has 13 nitrogen and oxygen atoms in total. The number of anilines is 1. The van der Waals surface area contributed by atoms with E-state index in [-0.39, 0.29) is 36.3 Å². The Hall–Kier alpha value is -5.51. The zero-order chi connectivity index (χ0) is 48.0. The summed E-state index contributed by atoms with van der Waals surface area (Å²) in [6, 6.07) is 4.25. The van der Waals surface area contributed by atoms with Crippen molar-refractivity contribution in [3.8, 4) is 11.3 Å². The number of rotatable bonds is 31. The van der Waals surface area contributed by atoms with E-state index in [0.29, 0.717) is 49.0 Å². The van der Waals surface area contributed by atoms with Crippen LogP contribution in [0.25, 0.3) is 17.3 Å². The second-order valence-corrected chi connectivity index (χ2v) is 17.9. The summed E-state index contributed by atoms with van der Waals surface area (Å²) in [6.07, 6.45) is 33.8. The molecule has 0 saturated carbocycles. The molecule has 0 bridgehead atoms. The van der Waals surface area contributed by atoms with Gasteiger partial charge in [-0.05, 0) is 94.4 Å². The minimum Gasteiger partial charge on any atom is -0.480 e. The van der Waals surface area contributed by atoms with Crippen LogP contribution in [0, 0.1) is 5.82 Å². The van der Waals surface area contributed by atoms with E-state index in [0.717, 1.165) is 49.1 Å². The van der Waals surface area contributed by atoms with Gasteiger partial charge in [0, 0.05) is 37.6 Å². The summed E-state index contributed by atoms with van der Waals surface area (Å²) in [5.74, 6) is -2.85. The number of carboxylic acids is 1. The highest BCUT2D eigenvalue weighted by Crippen LogP contribution is 2.32. The number of aliphatic carboxylic acids is 1. The van der Waals surface area contributed by atoms with Crippen molar-refractivity contribution >= 4 is 39.8 Å². The molecule has 2 aromatic rings. The molecule has 2 amide bonds. The van der Waals surface area contributed by atoms with Gasteiger partial charge in [-0.25, -0.2) is 31.9 Å². The van der Waals surface area contributed by atoms with E-state index in [1.165, 1.54) is 43.5 Å². The van der Waals surface area contributed by atoms with Gasteiger partial charge >= 0.3 is 5.97 Å². The Morgan fingerprint density at radius 1 is 0.815 bits per heavy atom. The number of aromatic nitrogens is 2. The molecule has 1 aromatic carbocycles. The average molecular weight is 920 g/mol. The molecular weight excluding hydrogens is 850 g/mol. The molecule has 15 heteroatoms. The molecule has 0 aliphatic carbocycles. The number of nitrogens with zero attached hydrogens (tertiary/aromatic N) is 3. The fourth-order valence-electron chi connectivity index (χ4n) is 6.21. The van der Waals surface area contributed by atoms with Crippen molar-refractivity contribution in [2.24, 2.45) is 0 Å². The van der Waals surface area contributed by atoms with E-state index >= 15 is 0 Å². The molecule has 0 saturated heterocycles. The lowest BCUT2D eigenvalue weighted by atomic mass is 9.97. The second-order valence-electron chi connectivity index (χ2n) is 15.8. The topological polar surface area (TPSA) is 199 Å². The monoisotopic (exact) mass is 919 g/mol. The normalized spacial score (nSPS) is 14.0. The summed E-state index contributed by atoms with van der Waals surface area (Å²) in [4.78, 5) is 45.8. The third-order valence-electron chi connectivity index (χ3n) is 9.84. The van der Waals surface area contributed by atoms with Gasteiger partial charge in [-0.2, -0.15) is 0 Å². The average Bonchev–Trinajstić information content (AvgIpc) is 3.25. The summed E-state index contributed by atoms with van der Waals surface area (Å²) in [5.41, 5.74) is 1.65. The number of halogens is 1.